The molecule has 0 N–H and O–H groups in total. The van der Waals surface area contributed by atoms with Crippen molar-refractivity contribution in [1.29, 1.82) is 0 Å². The summed E-state index contributed by atoms with van der Waals surface area (Å²) < 4.78 is 16.1. The van der Waals surface area contributed by atoms with Gasteiger partial charge in [-0.25, -0.2) is 0 Å². The minimum absolute atomic E-state index is 0.604. The Kier molecular flexibility index (Phi) is 15.0. The van der Waals surface area contributed by atoms with Crippen molar-refractivity contribution in [2.45, 2.75) is 57.0 Å². The molecule has 2 saturated heterocycles. The molecule has 0 saturated carbocycles. The number of hydrogen-bond donors (Lipinski definition) is 0. The van der Waals surface area contributed by atoms with E-state index in [1.165, 1.54) is 58.3 Å². The second-order valence-corrected chi connectivity index (χ2v) is 9.77. The molecule has 7 nitrogen and oxygen atoms in total. The van der Waals surface area contributed by atoms with Crippen molar-refractivity contribution >= 4 is 0 Å². The van der Waals surface area contributed by atoms with Crippen molar-refractivity contribution in [3.05, 3.63) is 0 Å². The molecule has 0 aromatic heterocycles. The quantitative estimate of drug-likeness (QED) is 0.311. The largest absolute Gasteiger partial charge is 0.385 e. The van der Waals surface area contributed by atoms with E-state index in [0.717, 1.165) is 65.4 Å². The summed E-state index contributed by atoms with van der Waals surface area (Å²) >= 11 is 0. The third-order valence-corrected chi connectivity index (χ3v) is 7.27. The Morgan fingerprint density at radius 1 is 0.562 bits per heavy atom. The van der Waals surface area contributed by atoms with Gasteiger partial charge in [-0.2, -0.15) is 0 Å². The molecule has 2 unspecified atom stereocenters. The van der Waals surface area contributed by atoms with Gasteiger partial charge in [0.15, 0.2) is 0 Å². The number of rotatable bonds is 17. The molecule has 32 heavy (non-hydrogen) atoms. The molecule has 0 spiro atoms. The maximum Gasteiger partial charge on any atom is 0.0593 e. The van der Waals surface area contributed by atoms with Gasteiger partial charge in [0.1, 0.15) is 0 Å². The van der Waals surface area contributed by atoms with Gasteiger partial charge in [0, 0.05) is 91.9 Å². The second kappa shape index (κ2) is 17.2. The topological polar surface area (TPSA) is 40.7 Å². The fourth-order valence-corrected chi connectivity index (χ4v) is 5.02. The molecule has 0 aromatic carbocycles. The van der Waals surface area contributed by atoms with Gasteiger partial charge in [0.05, 0.1) is 6.61 Å². The van der Waals surface area contributed by atoms with Crippen molar-refractivity contribution in [3.63, 3.8) is 0 Å². The van der Waals surface area contributed by atoms with Gasteiger partial charge < -0.3 is 19.1 Å². The lowest BCUT2D eigenvalue weighted by Gasteiger charge is -2.49. The number of methoxy groups -OCH3 is 2. The zero-order valence-corrected chi connectivity index (χ0v) is 21.6. The van der Waals surface area contributed by atoms with Crippen LogP contribution in [0, 0.1) is 0 Å². The highest BCUT2D eigenvalue weighted by molar-refractivity contribution is 4.94. The van der Waals surface area contributed by atoms with Gasteiger partial charge in [-0.3, -0.25) is 14.7 Å². The van der Waals surface area contributed by atoms with E-state index >= 15 is 0 Å². The van der Waals surface area contributed by atoms with E-state index in [2.05, 4.69) is 33.7 Å². The van der Waals surface area contributed by atoms with Gasteiger partial charge in [-0.15, -0.1) is 0 Å². The number of piperazine rings is 2. The Hall–Kier alpha value is -0.280. The van der Waals surface area contributed by atoms with Crippen LogP contribution in [0.1, 0.15) is 44.9 Å². The Morgan fingerprint density at radius 2 is 1.06 bits per heavy atom. The van der Waals surface area contributed by atoms with Gasteiger partial charge in [0.25, 0.3) is 0 Å². The lowest BCUT2D eigenvalue weighted by Crippen LogP contribution is -2.65. The van der Waals surface area contributed by atoms with Crippen LogP contribution < -0.4 is 0 Å². The second-order valence-electron chi connectivity index (χ2n) is 9.77. The zero-order valence-electron chi connectivity index (χ0n) is 21.6. The molecule has 0 amide bonds. The molecular formula is C25H52N4O3. The van der Waals surface area contributed by atoms with E-state index in [1.807, 2.05) is 0 Å². The Balaban J connectivity index is 1.68. The average molecular weight is 457 g/mol. The SMILES string of the molecule is COCCCCCCCN1CCN(C)C(C2CN(CCOCCCCOC)CCN2C)C1. The minimum atomic E-state index is 0.604. The molecule has 2 aliphatic heterocycles. The summed E-state index contributed by atoms with van der Waals surface area (Å²) in [6.45, 7) is 12.8. The molecule has 2 atom stereocenters. The fraction of sp³-hybridized carbons (Fsp3) is 1.00. The molecule has 2 rings (SSSR count). The van der Waals surface area contributed by atoms with Crippen molar-refractivity contribution in [2.24, 2.45) is 0 Å². The molecule has 0 radical (unpaired) electrons. The van der Waals surface area contributed by atoms with Crippen LogP contribution >= 0.6 is 0 Å². The third kappa shape index (κ3) is 10.8. The molecule has 0 bridgehead atoms. The number of nitrogens with zero attached hydrogens (tertiary/aromatic N) is 4. The fourth-order valence-electron chi connectivity index (χ4n) is 5.02. The maximum atomic E-state index is 5.88. The summed E-state index contributed by atoms with van der Waals surface area (Å²) in [5.41, 5.74) is 0. The summed E-state index contributed by atoms with van der Waals surface area (Å²) in [5.74, 6) is 0. The molecule has 2 heterocycles. The molecule has 190 valence electrons. The first-order chi connectivity index (χ1) is 15.7. The van der Waals surface area contributed by atoms with Crippen LogP contribution in [0.15, 0.2) is 0 Å². The maximum absolute atomic E-state index is 5.88. The van der Waals surface area contributed by atoms with Crippen molar-refractivity contribution in [1.82, 2.24) is 19.6 Å². The molecule has 2 fully saturated rings. The van der Waals surface area contributed by atoms with Crippen LogP contribution in [-0.4, -0.2) is 139 Å². The summed E-state index contributed by atoms with van der Waals surface area (Å²) in [6, 6.07) is 1.22. The van der Waals surface area contributed by atoms with E-state index < -0.39 is 0 Å². The molecule has 0 aliphatic carbocycles. The summed E-state index contributed by atoms with van der Waals surface area (Å²) in [7, 11) is 8.21. The smallest absolute Gasteiger partial charge is 0.0593 e. The van der Waals surface area contributed by atoms with Crippen LogP contribution in [0.5, 0.6) is 0 Å². The summed E-state index contributed by atoms with van der Waals surface area (Å²) in [4.78, 5) is 10.5. The minimum Gasteiger partial charge on any atom is -0.385 e. The molecule has 0 aromatic rings. The van der Waals surface area contributed by atoms with E-state index in [9.17, 15) is 0 Å². The van der Waals surface area contributed by atoms with Crippen molar-refractivity contribution < 1.29 is 14.2 Å². The van der Waals surface area contributed by atoms with Gasteiger partial charge in [-0.05, 0) is 46.3 Å². The third-order valence-electron chi connectivity index (χ3n) is 7.27. The van der Waals surface area contributed by atoms with Crippen molar-refractivity contribution in [2.75, 3.05) is 107 Å². The Bertz CT molecular complexity index is 417. The van der Waals surface area contributed by atoms with Crippen LogP contribution in [0.2, 0.25) is 0 Å². The highest BCUT2D eigenvalue weighted by Gasteiger charge is 2.36. The van der Waals surface area contributed by atoms with E-state index in [-0.39, 0.29) is 0 Å². The van der Waals surface area contributed by atoms with E-state index in [4.69, 9.17) is 14.2 Å². The number of unbranched alkanes of at least 4 members (excludes halogenated alkanes) is 5. The average Bonchev–Trinajstić information content (AvgIpc) is 2.80. The summed E-state index contributed by atoms with van der Waals surface area (Å²) in [5, 5.41) is 0. The first-order valence-corrected chi connectivity index (χ1v) is 13.1. The Morgan fingerprint density at radius 3 is 1.69 bits per heavy atom. The molecule has 2 aliphatic rings. The highest BCUT2D eigenvalue weighted by Crippen LogP contribution is 2.19. The van der Waals surface area contributed by atoms with Gasteiger partial charge in [-0.1, -0.05) is 19.3 Å². The molecule has 7 heteroatoms. The predicted molar refractivity (Wildman–Crippen MR) is 133 cm³/mol. The lowest BCUT2D eigenvalue weighted by atomic mass is 9.99. The lowest BCUT2D eigenvalue weighted by molar-refractivity contribution is -0.00844. The first kappa shape index (κ1) is 28.0. The van der Waals surface area contributed by atoms with Crippen LogP contribution in [0.4, 0.5) is 0 Å². The van der Waals surface area contributed by atoms with E-state index in [0.29, 0.717) is 12.1 Å². The van der Waals surface area contributed by atoms with Crippen LogP contribution in [0.25, 0.3) is 0 Å². The van der Waals surface area contributed by atoms with Gasteiger partial charge in [0.2, 0.25) is 0 Å². The first-order valence-electron chi connectivity index (χ1n) is 13.1. The zero-order chi connectivity index (χ0) is 23.0. The molecular weight excluding hydrogens is 404 g/mol. The number of likely N-dealkylation sites (N-methyl/N-ethyl adjacent to an activating group) is 2. The number of ether oxygens (including phenoxy) is 3. The predicted octanol–water partition coefficient (Wildman–Crippen LogP) is 2.26. The van der Waals surface area contributed by atoms with Crippen LogP contribution in [-0.2, 0) is 14.2 Å². The summed E-state index contributed by atoms with van der Waals surface area (Å²) in [6.07, 6.45) is 8.71. The van der Waals surface area contributed by atoms with Crippen LogP contribution in [0.3, 0.4) is 0 Å². The van der Waals surface area contributed by atoms with Gasteiger partial charge >= 0.3 is 0 Å². The standard InChI is InChI=1S/C25H52N4O3/c1-26-13-15-28(12-8-6-5-7-9-18-30-3)22-24(26)25-23-29(16-14-27(25)2)17-21-32-20-11-10-19-31-4/h24-25H,5-23H2,1-4H3. The normalized spacial score (nSPS) is 24.4. The van der Waals surface area contributed by atoms with Crippen molar-refractivity contribution in [3.8, 4) is 0 Å². The highest BCUT2D eigenvalue weighted by atomic mass is 16.5. The monoisotopic (exact) mass is 456 g/mol. The Labute approximate surface area is 198 Å². The van der Waals surface area contributed by atoms with E-state index in [1.54, 1.807) is 14.2 Å². The number of hydrogen-bond acceptors (Lipinski definition) is 7.